The fraction of sp³-hybridized carbons (Fsp3) is 0.824. The molecule has 2 fully saturated rings. The van der Waals surface area contributed by atoms with Crippen LogP contribution in [0.2, 0.25) is 0 Å². The Hall–Kier alpha value is -1.67. The number of nitrogens with zero attached hydrogens (tertiary/aromatic N) is 1. The molecule has 0 aliphatic carbocycles. The van der Waals surface area contributed by atoms with Crippen LogP contribution in [-0.4, -0.2) is 71.5 Å². The predicted octanol–water partition coefficient (Wildman–Crippen LogP) is 0.258. The number of hydrogen-bond donors (Lipinski definition) is 1. The molecule has 2 saturated heterocycles. The molecule has 8 heteroatoms. The largest absolute Gasteiger partial charge is 0.462 e. The zero-order valence-corrected chi connectivity index (χ0v) is 15.2. The van der Waals surface area contributed by atoms with Gasteiger partial charge < -0.3 is 19.3 Å². The van der Waals surface area contributed by atoms with Crippen molar-refractivity contribution in [2.24, 2.45) is 5.92 Å². The summed E-state index contributed by atoms with van der Waals surface area (Å²) in [6.45, 7) is 7.08. The van der Waals surface area contributed by atoms with Gasteiger partial charge in [0.15, 0.2) is 0 Å². The Morgan fingerprint density at radius 2 is 1.84 bits per heavy atom. The molecule has 0 aromatic heterocycles. The number of hydrogen-bond acceptors (Lipinski definition) is 8. The monoisotopic (exact) mass is 357 g/mol. The van der Waals surface area contributed by atoms with E-state index in [0.29, 0.717) is 0 Å². The topological polar surface area (TPSA) is 102 Å². The van der Waals surface area contributed by atoms with Crippen LogP contribution in [0.25, 0.3) is 0 Å². The van der Waals surface area contributed by atoms with Gasteiger partial charge in [0, 0.05) is 32.4 Å². The quantitative estimate of drug-likeness (QED) is 0.533. The average molecular weight is 357 g/mol. The molecule has 0 amide bonds. The minimum atomic E-state index is -1.72. The van der Waals surface area contributed by atoms with E-state index < -0.39 is 35.7 Å². The fourth-order valence-corrected chi connectivity index (χ4v) is 3.70. The number of rotatable bonds is 6. The van der Waals surface area contributed by atoms with Gasteiger partial charge in [0.05, 0.1) is 12.7 Å². The molecule has 0 bridgehead atoms. The zero-order chi connectivity index (χ0) is 18.8. The van der Waals surface area contributed by atoms with Crippen molar-refractivity contribution >= 4 is 17.9 Å². The molecule has 1 unspecified atom stereocenters. The molecule has 0 aromatic carbocycles. The third-order valence-electron chi connectivity index (χ3n) is 5.11. The number of carbonyl (C=O) groups is 3. The van der Waals surface area contributed by atoms with Gasteiger partial charge in [-0.2, -0.15) is 0 Å². The minimum absolute atomic E-state index is 0.00123. The second-order valence-electron chi connectivity index (χ2n) is 6.98. The van der Waals surface area contributed by atoms with Crippen molar-refractivity contribution in [1.82, 2.24) is 4.90 Å². The van der Waals surface area contributed by atoms with Crippen molar-refractivity contribution in [3.05, 3.63) is 0 Å². The van der Waals surface area contributed by atoms with Gasteiger partial charge in [-0.3, -0.25) is 14.5 Å². The maximum absolute atomic E-state index is 12.6. The van der Waals surface area contributed by atoms with Crippen LogP contribution in [0, 0.1) is 5.92 Å². The smallest absolute Gasteiger partial charge is 0.354 e. The number of ether oxygens (including phenoxy) is 3. The minimum Gasteiger partial charge on any atom is -0.462 e. The Morgan fingerprint density at radius 3 is 2.44 bits per heavy atom. The predicted molar refractivity (Wildman–Crippen MR) is 86.4 cm³/mol. The number of aliphatic hydroxyl groups is 1. The molecule has 1 N–H and O–H groups in total. The summed E-state index contributed by atoms with van der Waals surface area (Å²) in [6, 6.07) is -0.00123. The van der Waals surface area contributed by atoms with E-state index in [1.165, 1.54) is 27.7 Å². The van der Waals surface area contributed by atoms with Crippen molar-refractivity contribution in [1.29, 1.82) is 0 Å². The second kappa shape index (κ2) is 7.70. The van der Waals surface area contributed by atoms with E-state index in [1.807, 2.05) is 0 Å². The molecule has 2 aliphatic rings. The molecule has 25 heavy (non-hydrogen) atoms. The van der Waals surface area contributed by atoms with E-state index in [0.717, 1.165) is 25.9 Å². The molecular weight excluding hydrogens is 330 g/mol. The summed E-state index contributed by atoms with van der Waals surface area (Å²) in [5.41, 5.74) is -1.72. The number of esters is 3. The van der Waals surface area contributed by atoms with Crippen molar-refractivity contribution in [2.45, 2.75) is 64.4 Å². The average Bonchev–Trinajstić information content (AvgIpc) is 3.06. The van der Waals surface area contributed by atoms with Gasteiger partial charge >= 0.3 is 17.9 Å². The Kier molecular flexibility index (Phi) is 6.05. The summed E-state index contributed by atoms with van der Waals surface area (Å²) >= 11 is 0. The summed E-state index contributed by atoms with van der Waals surface area (Å²) in [6.07, 6.45) is 0.160. The summed E-state index contributed by atoms with van der Waals surface area (Å²) in [7, 11) is 0. The van der Waals surface area contributed by atoms with Gasteiger partial charge in [-0.25, -0.2) is 4.79 Å². The highest BCUT2D eigenvalue weighted by Crippen LogP contribution is 2.33. The first-order valence-electron chi connectivity index (χ1n) is 8.61. The molecule has 8 nitrogen and oxygen atoms in total. The lowest BCUT2D eigenvalue weighted by Gasteiger charge is -2.32. The molecule has 0 radical (unpaired) electrons. The van der Waals surface area contributed by atoms with E-state index in [1.54, 1.807) is 0 Å². The van der Waals surface area contributed by atoms with Crippen molar-refractivity contribution in [3.8, 4) is 0 Å². The molecular formula is C17H27NO7. The van der Waals surface area contributed by atoms with Gasteiger partial charge in [0.1, 0.15) is 6.10 Å². The number of aliphatic hydroxyl groups excluding tert-OH is 1. The summed E-state index contributed by atoms with van der Waals surface area (Å²) in [5.74, 6) is -1.98. The Bertz CT molecular complexity index is 537. The van der Waals surface area contributed by atoms with Crippen LogP contribution >= 0.6 is 0 Å². The van der Waals surface area contributed by atoms with Gasteiger partial charge in [-0.05, 0) is 33.2 Å². The summed E-state index contributed by atoms with van der Waals surface area (Å²) < 4.78 is 15.6. The van der Waals surface area contributed by atoms with E-state index in [9.17, 15) is 19.5 Å². The van der Waals surface area contributed by atoms with E-state index in [4.69, 9.17) is 14.2 Å². The van der Waals surface area contributed by atoms with Crippen LogP contribution in [0.3, 0.4) is 0 Å². The van der Waals surface area contributed by atoms with E-state index in [-0.39, 0.29) is 18.6 Å². The normalized spacial score (nSPS) is 29.4. The van der Waals surface area contributed by atoms with Crippen LogP contribution in [0.15, 0.2) is 0 Å². The Labute approximate surface area is 147 Å². The zero-order valence-electron chi connectivity index (χ0n) is 15.2. The maximum atomic E-state index is 12.6. The van der Waals surface area contributed by atoms with Crippen LogP contribution in [-0.2, 0) is 28.6 Å². The van der Waals surface area contributed by atoms with Crippen LogP contribution < -0.4 is 0 Å². The summed E-state index contributed by atoms with van der Waals surface area (Å²) in [5, 5.41) is 10.1. The van der Waals surface area contributed by atoms with Gasteiger partial charge in [0.2, 0.25) is 5.60 Å². The molecule has 0 saturated carbocycles. The lowest BCUT2D eigenvalue weighted by molar-refractivity contribution is -0.198. The molecule has 142 valence electrons. The third kappa shape index (κ3) is 4.30. The number of carbonyl (C=O) groups excluding carboxylic acids is 3. The van der Waals surface area contributed by atoms with Crippen molar-refractivity contribution in [2.75, 3.05) is 19.7 Å². The Balaban J connectivity index is 2.01. The van der Waals surface area contributed by atoms with Gasteiger partial charge in [-0.15, -0.1) is 0 Å². The lowest BCUT2D eigenvalue weighted by atomic mass is 9.96. The third-order valence-corrected chi connectivity index (χ3v) is 5.11. The first kappa shape index (κ1) is 19.7. The molecule has 2 rings (SSSR count). The van der Waals surface area contributed by atoms with Gasteiger partial charge in [0.25, 0.3) is 0 Å². The lowest BCUT2D eigenvalue weighted by Crippen LogP contribution is -2.52. The van der Waals surface area contributed by atoms with Crippen molar-refractivity contribution < 1.29 is 33.7 Å². The summed E-state index contributed by atoms with van der Waals surface area (Å²) in [4.78, 5) is 37.4. The van der Waals surface area contributed by atoms with Crippen LogP contribution in [0.4, 0.5) is 0 Å². The maximum Gasteiger partial charge on any atom is 0.354 e. The van der Waals surface area contributed by atoms with Gasteiger partial charge in [-0.1, -0.05) is 0 Å². The molecule has 2 aliphatic heterocycles. The van der Waals surface area contributed by atoms with Crippen LogP contribution in [0.5, 0.6) is 0 Å². The first-order chi connectivity index (χ1) is 11.6. The molecule has 0 aromatic rings. The Morgan fingerprint density at radius 1 is 1.20 bits per heavy atom. The standard InChI is InChI=1S/C17H27NO7/c1-10(24-11(2)19)17(4,25-12(3)20)16(22)23-9-13-5-7-18-8-6-14(21)15(13)18/h10,13-15,21H,5-9H2,1-4H3/t10-,13+,14+,15?,17-/m1/s1. The fourth-order valence-electron chi connectivity index (χ4n) is 3.70. The van der Waals surface area contributed by atoms with Crippen LogP contribution in [0.1, 0.15) is 40.5 Å². The molecule has 5 atom stereocenters. The highest BCUT2D eigenvalue weighted by Gasteiger charge is 2.48. The van der Waals surface area contributed by atoms with E-state index >= 15 is 0 Å². The highest BCUT2D eigenvalue weighted by atomic mass is 16.6. The SMILES string of the molecule is CC(=O)O[C@H](C)[C@@](C)(OC(C)=O)C(=O)OC[C@@H]1CCN2CC[C@H](O)C12. The molecule has 0 spiro atoms. The van der Waals surface area contributed by atoms with E-state index in [2.05, 4.69) is 4.90 Å². The first-order valence-corrected chi connectivity index (χ1v) is 8.61. The number of fused-ring (bicyclic) bond motifs is 1. The van der Waals surface area contributed by atoms with Crippen molar-refractivity contribution in [3.63, 3.8) is 0 Å². The highest BCUT2D eigenvalue weighted by molar-refractivity contribution is 5.83. The second-order valence-corrected chi connectivity index (χ2v) is 6.98. The molecule has 2 heterocycles.